The van der Waals surface area contributed by atoms with Crippen LogP contribution in [-0.2, 0) is 4.74 Å². The zero-order valence-electron chi connectivity index (χ0n) is 15.5. The summed E-state index contributed by atoms with van der Waals surface area (Å²) < 4.78 is 6.25. The molecule has 0 aromatic rings. The van der Waals surface area contributed by atoms with Crippen LogP contribution in [0.4, 0.5) is 0 Å². The molecule has 0 unspecified atom stereocenters. The maximum absolute atomic E-state index is 8.47. The molecule has 0 heterocycles. The lowest BCUT2D eigenvalue weighted by atomic mass is 9.80. The molecular formula is C22H35NO. The highest BCUT2D eigenvalue weighted by Gasteiger charge is 2.24. The van der Waals surface area contributed by atoms with Crippen LogP contribution in [0.1, 0.15) is 77.6 Å². The Kier molecular flexibility index (Phi) is 9.21. The summed E-state index contributed by atoms with van der Waals surface area (Å²) >= 11 is 0. The third-order valence-electron chi connectivity index (χ3n) is 5.88. The van der Waals surface area contributed by atoms with Crippen molar-refractivity contribution in [3.8, 4) is 6.07 Å². The molecule has 2 rings (SSSR count). The van der Waals surface area contributed by atoms with E-state index in [4.69, 9.17) is 10.00 Å². The van der Waals surface area contributed by atoms with Crippen LogP contribution in [-0.4, -0.2) is 12.7 Å². The van der Waals surface area contributed by atoms with E-state index in [2.05, 4.69) is 13.0 Å². The average molecular weight is 330 g/mol. The predicted molar refractivity (Wildman–Crippen MR) is 101 cm³/mol. The zero-order chi connectivity index (χ0) is 17.0. The van der Waals surface area contributed by atoms with Gasteiger partial charge in [0, 0.05) is 12.7 Å². The Morgan fingerprint density at radius 3 is 2.33 bits per heavy atom. The molecule has 0 atom stereocenters. The summed E-state index contributed by atoms with van der Waals surface area (Å²) in [6, 6.07) is 2.02. The van der Waals surface area contributed by atoms with E-state index in [1.807, 2.05) is 18.2 Å². The Balaban J connectivity index is 1.56. The zero-order valence-corrected chi connectivity index (χ0v) is 15.5. The summed E-state index contributed by atoms with van der Waals surface area (Å²) in [4.78, 5) is 0. The van der Waals surface area contributed by atoms with E-state index in [0.717, 1.165) is 18.4 Å². The van der Waals surface area contributed by atoms with Crippen molar-refractivity contribution < 1.29 is 4.74 Å². The third-order valence-corrected chi connectivity index (χ3v) is 5.88. The van der Waals surface area contributed by atoms with Gasteiger partial charge in [-0.1, -0.05) is 57.3 Å². The van der Waals surface area contributed by atoms with E-state index >= 15 is 0 Å². The summed E-state index contributed by atoms with van der Waals surface area (Å²) in [5.74, 6) is 2.48. The summed E-state index contributed by atoms with van der Waals surface area (Å²) in [7, 11) is 0. The van der Waals surface area contributed by atoms with Crippen molar-refractivity contribution >= 4 is 0 Å². The molecule has 0 radical (unpaired) electrons. The Bertz CT molecular complexity index is 418. The van der Waals surface area contributed by atoms with Gasteiger partial charge in [-0.2, -0.15) is 5.26 Å². The fourth-order valence-corrected chi connectivity index (χ4v) is 4.22. The minimum atomic E-state index is 0.488. The molecule has 0 aromatic heterocycles. The van der Waals surface area contributed by atoms with Crippen LogP contribution in [0.15, 0.2) is 24.3 Å². The van der Waals surface area contributed by atoms with E-state index in [1.54, 1.807) is 0 Å². The van der Waals surface area contributed by atoms with Crippen molar-refractivity contribution in [3.63, 3.8) is 0 Å². The van der Waals surface area contributed by atoms with Gasteiger partial charge in [-0.15, -0.1) is 0 Å². The first-order valence-corrected chi connectivity index (χ1v) is 10.2. The Morgan fingerprint density at radius 2 is 1.67 bits per heavy atom. The molecule has 2 heteroatoms. The molecule has 0 bridgehead atoms. The average Bonchev–Trinajstić information content (AvgIpc) is 2.64. The number of hydrogen-bond donors (Lipinski definition) is 0. The molecule has 2 fully saturated rings. The summed E-state index contributed by atoms with van der Waals surface area (Å²) in [5.41, 5.74) is 0. The largest absolute Gasteiger partial charge is 0.378 e. The van der Waals surface area contributed by atoms with Gasteiger partial charge >= 0.3 is 0 Å². The highest BCUT2D eigenvalue weighted by Crippen LogP contribution is 2.33. The summed E-state index contributed by atoms with van der Waals surface area (Å²) in [6.07, 6.45) is 22.8. The van der Waals surface area contributed by atoms with Crippen LogP contribution < -0.4 is 0 Å². The van der Waals surface area contributed by atoms with Crippen molar-refractivity contribution in [1.82, 2.24) is 0 Å². The lowest BCUT2D eigenvalue weighted by Crippen LogP contribution is -2.25. The molecule has 0 aliphatic heterocycles. The predicted octanol–water partition coefficient (Wildman–Crippen LogP) is 6.19. The van der Waals surface area contributed by atoms with Crippen molar-refractivity contribution in [1.29, 1.82) is 5.26 Å². The van der Waals surface area contributed by atoms with Crippen LogP contribution in [0.2, 0.25) is 0 Å². The van der Waals surface area contributed by atoms with Gasteiger partial charge < -0.3 is 4.74 Å². The lowest BCUT2D eigenvalue weighted by Gasteiger charge is -2.31. The van der Waals surface area contributed by atoms with Crippen molar-refractivity contribution in [2.24, 2.45) is 17.8 Å². The SMILES string of the molecule is CCCC[C@H]1CC[C@H](CO[C@H]2CC[C@H](/C=C/C=C/C#N)CC2)CC1. The fraction of sp³-hybridized carbons (Fsp3) is 0.773. The quantitative estimate of drug-likeness (QED) is 0.392. The Morgan fingerprint density at radius 1 is 0.958 bits per heavy atom. The molecular weight excluding hydrogens is 294 g/mol. The topological polar surface area (TPSA) is 33.0 Å². The van der Waals surface area contributed by atoms with Gasteiger partial charge in [0.1, 0.15) is 0 Å². The molecule has 0 aromatic carbocycles. The molecule has 0 saturated heterocycles. The first-order valence-electron chi connectivity index (χ1n) is 10.2. The summed E-state index contributed by atoms with van der Waals surface area (Å²) in [5, 5.41) is 8.47. The molecule has 2 aliphatic carbocycles. The van der Waals surface area contributed by atoms with Crippen LogP contribution in [0.25, 0.3) is 0 Å². The van der Waals surface area contributed by atoms with Crippen LogP contribution in [0.5, 0.6) is 0 Å². The van der Waals surface area contributed by atoms with Crippen LogP contribution in [0, 0.1) is 29.1 Å². The van der Waals surface area contributed by atoms with Crippen molar-refractivity contribution in [3.05, 3.63) is 24.3 Å². The summed E-state index contributed by atoms with van der Waals surface area (Å²) in [6.45, 7) is 3.30. The van der Waals surface area contributed by atoms with E-state index in [0.29, 0.717) is 12.0 Å². The normalized spacial score (nSPS) is 31.5. The van der Waals surface area contributed by atoms with E-state index in [-0.39, 0.29) is 0 Å². The second-order valence-electron chi connectivity index (χ2n) is 7.77. The van der Waals surface area contributed by atoms with Crippen molar-refractivity contribution in [2.45, 2.75) is 83.7 Å². The van der Waals surface area contributed by atoms with Crippen LogP contribution >= 0.6 is 0 Å². The van der Waals surface area contributed by atoms with Gasteiger partial charge in [0.25, 0.3) is 0 Å². The van der Waals surface area contributed by atoms with Gasteiger partial charge in [0.2, 0.25) is 0 Å². The van der Waals surface area contributed by atoms with Gasteiger partial charge in [0.05, 0.1) is 12.2 Å². The number of allylic oxidation sites excluding steroid dienone is 4. The van der Waals surface area contributed by atoms with Gasteiger partial charge in [-0.25, -0.2) is 0 Å². The monoisotopic (exact) mass is 329 g/mol. The number of ether oxygens (including phenoxy) is 1. The van der Waals surface area contributed by atoms with Crippen LogP contribution in [0.3, 0.4) is 0 Å². The fourth-order valence-electron chi connectivity index (χ4n) is 4.22. The van der Waals surface area contributed by atoms with E-state index in [9.17, 15) is 0 Å². The molecule has 134 valence electrons. The van der Waals surface area contributed by atoms with Crippen molar-refractivity contribution in [2.75, 3.05) is 6.61 Å². The third kappa shape index (κ3) is 7.22. The molecule has 0 N–H and O–H groups in total. The van der Waals surface area contributed by atoms with Gasteiger partial charge in [-0.3, -0.25) is 0 Å². The number of nitrogens with zero attached hydrogens (tertiary/aromatic N) is 1. The van der Waals surface area contributed by atoms with Gasteiger partial charge in [-0.05, 0) is 56.3 Å². The maximum atomic E-state index is 8.47. The van der Waals surface area contributed by atoms with E-state index in [1.165, 1.54) is 76.7 Å². The standard InChI is InChI=1S/C22H35NO/c1-2-3-7-19-9-11-21(12-10-19)18-24-22-15-13-20(14-16-22)8-5-4-6-17-23/h4-6,8,19-22H,2-3,7,9-16,18H2,1H3/b6-4+,8-5+/t19-,20-,21-,22-. The molecule has 2 saturated carbocycles. The minimum Gasteiger partial charge on any atom is -0.378 e. The van der Waals surface area contributed by atoms with E-state index < -0.39 is 0 Å². The first kappa shape index (κ1) is 19.3. The molecule has 2 nitrogen and oxygen atoms in total. The second kappa shape index (κ2) is 11.5. The van der Waals surface area contributed by atoms with Gasteiger partial charge in [0.15, 0.2) is 0 Å². The minimum absolute atomic E-state index is 0.488. The number of nitriles is 1. The first-order chi connectivity index (χ1) is 11.8. The molecule has 0 amide bonds. The highest BCUT2D eigenvalue weighted by molar-refractivity contribution is 5.12. The Labute approximate surface area is 149 Å². The maximum Gasteiger partial charge on any atom is 0.0912 e. The number of hydrogen-bond acceptors (Lipinski definition) is 2. The smallest absolute Gasteiger partial charge is 0.0912 e. The molecule has 24 heavy (non-hydrogen) atoms. The number of unbranched alkanes of at least 4 members (excludes halogenated alkanes) is 1. The highest BCUT2D eigenvalue weighted by atomic mass is 16.5. The lowest BCUT2D eigenvalue weighted by molar-refractivity contribution is -0.00662. The second-order valence-corrected chi connectivity index (χ2v) is 7.77. The molecule has 2 aliphatic rings. The number of rotatable bonds is 8. The molecule has 0 spiro atoms. The Hall–Kier alpha value is -1.07.